The normalized spacial score (nSPS) is 11.2. The molecule has 0 aromatic heterocycles. The molecular weight excluding hydrogens is 625 g/mol. The third-order valence-corrected chi connectivity index (χ3v) is 10.3. The second-order valence-electron chi connectivity index (χ2n) is 13.4. The molecule has 0 unspecified atom stereocenters. The van der Waals surface area contributed by atoms with Crippen molar-refractivity contribution in [3.63, 3.8) is 0 Å². The Labute approximate surface area is 303 Å². The Morgan fingerprint density at radius 1 is 0.269 bits per heavy atom. The summed E-state index contributed by atoms with van der Waals surface area (Å²) in [5.41, 5.74) is 8.74. The van der Waals surface area contributed by atoms with Gasteiger partial charge in [0, 0.05) is 22.3 Å². The van der Waals surface area contributed by atoms with Gasteiger partial charge in [-0.15, -0.1) is 0 Å². The van der Waals surface area contributed by atoms with Gasteiger partial charge in [0.1, 0.15) is 0 Å². The smallest absolute Gasteiger partial charge is 0.0334 e. The van der Waals surface area contributed by atoms with Crippen molar-refractivity contribution in [1.82, 2.24) is 0 Å². The van der Waals surface area contributed by atoms with E-state index in [2.05, 4.69) is 169 Å². The highest BCUT2D eigenvalue weighted by atomic mass is 14.2. The number of fused-ring (bicyclic) bond motifs is 2. The predicted octanol–water partition coefficient (Wildman–Crippen LogP) is 13.0. The second kappa shape index (κ2) is 12.3. The summed E-state index contributed by atoms with van der Waals surface area (Å²) < 4.78 is 0. The van der Waals surface area contributed by atoms with Gasteiger partial charge >= 0.3 is 0 Å². The molecule has 0 aliphatic heterocycles. The summed E-state index contributed by atoms with van der Waals surface area (Å²) in [5, 5.41) is 12.1. The quantitative estimate of drug-likeness (QED) is 0.129. The average molecular weight is 655 g/mol. The summed E-state index contributed by atoms with van der Waals surface area (Å²) in [5.74, 6) is 14.2. The SMILES string of the molecule is C(#Cc1cc(-c2ccc3ccccc3c2)c2ccc3c(C#Cc4ccccc4)cc(-c4ccc5ccccc5c4)c4ccc1c2c34)c1ccccc1. The van der Waals surface area contributed by atoms with E-state index in [1.807, 2.05) is 36.4 Å². The summed E-state index contributed by atoms with van der Waals surface area (Å²) in [6.07, 6.45) is 0. The third-order valence-electron chi connectivity index (χ3n) is 10.3. The van der Waals surface area contributed by atoms with E-state index in [9.17, 15) is 0 Å². The summed E-state index contributed by atoms with van der Waals surface area (Å²) in [4.78, 5) is 0. The van der Waals surface area contributed by atoms with E-state index in [0.717, 1.165) is 33.0 Å². The van der Waals surface area contributed by atoms with Gasteiger partial charge in [-0.3, -0.25) is 0 Å². The molecule has 0 aliphatic carbocycles. The Bertz CT molecular complexity index is 2890. The fraction of sp³-hybridized carbons (Fsp3) is 0. The molecule has 10 rings (SSSR count). The molecule has 0 heterocycles. The van der Waals surface area contributed by atoms with Crippen LogP contribution < -0.4 is 0 Å². The van der Waals surface area contributed by atoms with Crippen molar-refractivity contribution in [2.75, 3.05) is 0 Å². The molecule has 0 fully saturated rings. The highest BCUT2D eigenvalue weighted by molar-refractivity contribution is 6.29. The van der Waals surface area contributed by atoms with Crippen molar-refractivity contribution < 1.29 is 0 Å². The molecule has 52 heavy (non-hydrogen) atoms. The largest absolute Gasteiger partial charge is 0.0622 e. The first-order chi connectivity index (χ1) is 25.8. The molecule has 238 valence electrons. The van der Waals surface area contributed by atoms with Crippen LogP contribution in [0, 0.1) is 23.7 Å². The van der Waals surface area contributed by atoms with E-state index >= 15 is 0 Å². The van der Waals surface area contributed by atoms with Crippen molar-refractivity contribution in [2.24, 2.45) is 0 Å². The van der Waals surface area contributed by atoms with Gasteiger partial charge in [-0.1, -0.05) is 157 Å². The van der Waals surface area contributed by atoms with Gasteiger partial charge in [-0.25, -0.2) is 0 Å². The molecule has 0 saturated heterocycles. The predicted molar refractivity (Wildman–Crippen MR) is 221 cm³/mol. The molecule has 0 spiro atoms. The lowest BCUT2D eigenvalue weighted by atomic mass is 9.83. The van der Waals surface area contributed by atoms with Crippen molar-refractivity contribution in [3.05, 3.63) is 204 Å². The molecule has 0 bridgehead atoms. The van der Waals surface area contributed by atoms with Crippen LogP contribution in [0.4, 0.5) is 0 Å². The number of hydrogen-bond acceptors (Lipinski definition) is 0. The Balaban J connectivity index is 1.32. The lowest BCUT2D eigenvalue weighted by Gasteiger charge is -2.19. The topological polar surface area (TPSA) is 0 Å². The van der Waals surface area contributed by atoms with Gasteiger partial charge in [0.05, 0.1) is 0 Å². The minimum absolute atomic E-state index is 0.998. The maximum atomic E-state index is 3.61. The summed E-state index contributed by atoms with van der Waals surface area (Å²) in [7, 11) is 0. The van der Waals surface area contributed by atoms with Crippen LogP contribution in [0.15, 0.2) is 182 Å². The fourth-order valence-electron chi connectivity index (χ4n) is 7.71. The minimum Gasteiger partial charge on any atom is -0.0622 e. The first-order valence-corrected chi connectivity index (χ1v) is 17.7. The van der Waals surface area contributed by atoms with Crippen LogP contribution in [0.25, 0.3) is 76.1 Å². The molecule has 0 N–H and O–H groups in total. The summed E-state index contributed by atoms with van der Waals surface area (Å²) in [6.45, 7) is 0. The van der Waals surface area contributed by atoms with Crippen LogP contribution >= 0.6 is 0 Å². The molecule has 0 saturated carbocycles. The summed E-state index contributed by atoms with van der Waals surface area (Å²) >= 11 is 0. The van der Waals surface area contributed by atoms with E-state index in [1.165, 1.54) is 65.3 Å². The van der Waals surface area contributed by atoms with Crippen LogP contribution in [-0.4, -0.2) is 0 Å². The molecule has 0 aliphatic rings. The molecular formula is C52H30. The minimum atomic E-state index is 0.998. The highest BCUT2D eigenvalue weighted by Crippen LogP contribution is 2.45. The van der Waals surface area contributed by atoms with Gasteiger partial charge in [0.2, 0.25) is 0 Å². The van der Waals surface area contributed by atoms with Crippen LogP contribution in [0.1, 0.15) is 22.3 Å². The maximum absolute atomic E-state index is 3.61. The average Bonchev–Trinajstić information content (AvgIpc) is 3.21. The van der Waals surface area contributed by atoms with E-state index in [4.69, 9.17) is 0 Å². The molecule has 0 heteroatoms. The lowest BCUT2D eigenvalue weighted by Crippen LogP contribution is -1.94. The number of rotatable bonds is 2. The van der Waals surface area contributed by atoms with Crippen molar-refractivity contribution in [1.29, 1.82) is 0 Å². The monoisotopic (exact) mass is 654 g/mol. The Morgan fingerprint density at radius 2 is 0.654 bits per heavy atom. The molecule has 0 radical (unpaired) electrons. The van der Waals surface area contributed by atoms with Gasteiger partial charge in [0.25, 0.3) is 0 Å². The Hall–Kier alpha value is -7.12. The lowest BCUT2D eigenvalue weighted by molar-refractivity contribution is 1.63. The molecule has 10 aromatic rings. The zero-order chi connectivity index (χ0) is 34.4. The van der Waals surface area contributed by atoms with Crippen molar-refractivity contribution in [3.8, 4) is 45.9 Å². The van der Waals surface area contributed by atoms with Gasteiger partial charge < -0.3 is 0 Å². The molecule has 0 atom stereocenters. The standard InChI is InChI=1S/C52H30/c1-3-11-35(12-4-1)19-21-43-33-49(41-25-23-37-15-7-9-17-39(37)31-41)47-30-28-46-44(22-20-36-13-5-2-6-14-36)34-50(48-29-27-45(43)51(47)52(46)48)42-26-24-38-16-8-10-18-40(38)32-42/h1-18,23-34H. The van der Waals surface area contributed by atoms with E-state index in [1.54, 1.807) is 0 Å². The highest BCUT2D eigenvalue weighted by Gasteiger charge is 2.19. The second-order valence-corrected chi connectivity index (χ2v) is 13.4. The van der Waals surface area contributed by atoms with Gasteiger partial charge in [-0.05, 0) is 125 Å². The van der Waals surface area contributed by atoms with Crippen molar-refractivity contribution >= 4 is 53.9 Å². The van der Waals surface area contributed by atoms with E-state index in [-0.39, 0.29) is 0 Å². The van der Waals surface area contributed by atoms with Crippen LogP contribution in [-0.2, 0) is 0 Å². The van der Waals surface area contributed by atoms with E-state index < -0.39 is 0 Å². The number of benzene rings is 10. The zero-order valence-corrected chi connectivity index (χ0v) is 28.3. The molecule has 10 aromatic carbocycles. The molecule has 0 nitrogen and oxygen atoms in total. The maximum Gasteiger partial charge on any atom is 0.0334 e. The number of hydrogen-bond donors (Lipinski definition) is 0. The van der Waals surface area contributed by atoms with Gasteiger partial charge in [-0.2, -0.15) is 0 Å². The first-order valence-electron chi connectivity index (χ1n) is 17.7. The fourth-order valence-corrected chi connectivity index (χ4v) is 7.71. The zero-order valence-electron chi connectivity index (χ0n) is 28.3. The summed E-state index contributed by atoms with van der Waals surface area (Å²) in [6, 6.07) is 65.0. The molecule has 0 amide bonds. The van der Waals surface area contributed by atoms with E-state index in [0.29, 0.717) is 0 Å². The Morgan fingerprint density at radius 3 is 1.10 bits per heavy atom. The Kier molecular flexibility index (Phi) is 7.06. The first kappa shape index (κ1) is 29.8. The van der Waals surface area contributed by atoms with Crippen LogP contribution in [0.2, 0.25) is 0 Å². The van der Waals surface area contributed by atoms with Crippen LogP contribution in [0.5, 0.6) is 0 Å². The van der Waals surface area contributed by atoms with Crippen molar-refractivity contribution in [2.45, 2.75) is 0 Å². The third kappa shape index (κ3) is 5.15. The van der Waals surface area contributed by atoms with Crippen LogP contribution in [0.3, 0.4) is 0 Å². The van der Waals surface area contributed by atoms with Gasteiger partial charge in [0.15, 0.2) is 0 Å².